The molecule has 0 aromatic heterocycles. The van der Waals surface area contributed by atoms with Crippen molar-refractivity contribution in [3.05, 3.63) is 60.2 Å². The lowest BCUT2D eigenvalue weighted by molar-refractivity contribution is -0.137. The van der Waals surface area contributed by atoms with Crippen LogP contribution in [0.5, 0.6) is 0 Å². The zero-order valence-corrected chi connectivity index (χ0v) is 10.3. The first-order chi connectivity index (χ1) is 8.82. The third-order valence-corrected chi connectivity index (χ3v) is 4.24. The lowest BCUT2D eigenvalue weighted by Gasteiger charge is -2.09. The van der Waals surface area contributed by atoms with Gasteiger partial charge in [-0.3, -0.25) is 0 Å². The van der Waals surface area contributed by atoms with E-state index in [1.54, 1.807) is 0 Å². The van der Waals surface area contributed by atoms with Crippen LogP contribution in [-0.4, -0.2) is 8.42 Å². The molecule has 0 atom stereocenters. The van der Waals surface area contributed by atoms with Crippen molar-refractivity contribution < 1.29 is 21.6 Å². The van der Waals surface area contributed by atoms with Crippen molar-refractivity contribution in [2.24, 2.45) is 0 Å². The third kappa shape index (κ3) is 2.78. The average molecular weight is 285 g/mol. The first-order valence-corrected chi connectivity index (χ1v) is 6.68. The molecule has 0 unspecified atom stereocenters. The highest BCUT2D eigenvalue weighted by atomic mass is 32.2. The van der Waals surface area contributed by atoms with Crippen LogP contribution in [0.2, 0.25) is 0 Å². The predicted octanol–water partition coefficient (Wildman–Crippen LogP) is 3.34. The second-order valence-corrected chi connectivity index (χ2v) is 5.71. The second-order valence-electron chi connectivity index (χ2n) is 3.76. The number of halogens is 3. The van der Waals surface area contributed by atoms with Crippen molar-refractivity contribution in [2.75, 3.05) is 0 Å². The molecule has 0 heterocycles. The molecular weight excluding hydrogens is 277 g/mol. The Labute approximate surface area is 108 Å². The molecular formula is C13H8F3O2S. The highest BCUT2D eigenvalue weighted by Crippen LogP contribution is 2.31. The van der Waals surface area contributed by atoms with Gasteiger partial charge in [-0.15, -0.1) is 0 Å². The molecule has 1 radical (unpaired) electrons. The van der Waals surface area contributed by atoms with E-state index in [1.807, 2.05) is 0 Å². The predicted molar refractivity (Wildman–Crippen MR) is 62.2 cm³/mol. The molecule has 2 aromatic rings. The highest BCUT2D eigenvalue weighted by molar-refractivity contribution is 7.91. The third-order valence-electron chi connectivity index (χ3n) is 2.47. The number of hydrogen-bond acceptors (Lipinski definition) is 2. The lowest BCUT2D eigenvalue weighted by Crippen LogP contribution is -2.08. The van der Waals surface area contributed by atoms with Crippen LogP contribution >= 0.6 is 0 Å². The van der Waals surface area contributed by atoms with Crippen LogP contribution in [0.25, 0.3) is 0 Å². The number of benzene rings is 2. The fourth-order valence-corrected chi connectivity index (χ4v) is 2.83. The van der Waals surface area contributed by atoms with Gasteiger partial charge in [0.15, 0.2) is 0 Å². The van der Waals surface area contributed by atoms with Crippen LogP contribution in [0.1, 0.15) is 5.56 Å². The van der Waals surface area contributed by atoms with Gasteiger partial charge in [0.1, 0.15) is 0 Å². The van der Waals surface area contributed by atoms with E-state index in [0.29, 0.717) is 6.07 Å². The molecule has 0 saturated heterocycles. The van der Waals surface area contributed by atoms with E-state index in [0.717, 1.165) is 18.2 Å². The SMILES string of the molecule is O=S(=O)(c1cc[c]cc1)c1cccc(C(F)(F)F)c1. The van der Waals surface area contributed by atoms with Crippen molar-refractivity contribution in [3.63, 3.8) is 0 Å². The summed E-state index contributed by atoms with van der Waals surface area (Å²) < 4.78 is 61.9. The van der Waals surface area contributed by atoms with E-state index in [1.165, 1.54) is 24.3 Å². The van der Waals surface area contributed by atoms with Crippen LogP contribution < -0.4 is 0 Å². The summed E-state index contributed by atoms with van der Waals surface area (Å²) in [6.07, 6.45) is -4.57. The smallest absolute Gasteiger partial charge is 0.219 e. The van der Waals surface area contributed by atoms with Crippen molar-refractivity contribution in [3.8, 4) is 0 Å². The van der Waals surface area contributed by atoms with Crippen molar-refractivity contribution in [1.29, 1.82) is 0 Å². The van der Waals surface area contributed by atoms with E-state index < -0.39 is 21.6 Å². The fourth-order valence-electron chi connectivity index (χ4n) is 1.53. The topological polar surface area (TPSA) is 34.1 Å². The molecule has 0 spiro atoms. The quantitative estimate of drug-likeness (QED) is 0.848. The molecule has 2 rings (SSSR count). The Morgan fingerprint density at radius 2 is 1.58 bits per heavy atom. The van der Waals surface area contributed by atoms with Crippen LogP contribution in [-0.2, 0) is 16.0 Å². The van der Waals surface area contributed by atoms with Crippen molar-refractivity contribution in [1.82, 2.24) is 0 Å². The molecule has 0 bridgehead atoms. The summed E-state index contributed by atoms with van der Waals surface area (Å²) in [6, 6.07) is 11.7. The molecule has 2 nitrogen and oxygen atoms in total. The lowest BCUT2D eigenvalue weighted by atomic mass is 10.2. The molecule has 0 fully saturated rings. The standard InChI is InChI=1S/C13H8F3O2S/c14-13(15,16)10-5-4-8-12(9-10)19(17,18)11-6-2-1-3-7-11/h2-9H. The van der Waals surface area contributed by atoms with Gasteiger partial charge >= 0.3 is 6.18 Å². The van der Waals surface area contributed by atoms with Gasteiger partial charge in [0.05, 0.1) is 15.4 Å². The van der Waals surface area contributed by atoms with E-state index in [-0.39, 0.29) is 9.79 Å². The highest BCUT2D eigenvalue weighted by Gasteiger charge is 2.31. The molecule has 0 aliphatic carbocycles. The molecule has 0 aliphatic rings. The van der Waals surface area contributed by atoms with Gasteiger partial charge in [0.2, 0.25) is 9.84 Å². The molecule has 6 heteroatoms. The number of rotatable bonds is 2. The number of sulfone groups is 1. The zero-order valence-electron chi connectivity index (χ0n) is 9.48. The van der Waals surface area contributed by atoms with Crippen LogP contribution in [0.3, 0.4) is 0 Å². The van der Waals surface area contributed by atoms with Crippen LogP contribution in [0.15, 0.2) is 58.3 Å². The number of alkyl halides is 3. The summed E-state index contributed by atoms with van der Waals surface area (Å²) in [7, 11) is -3.94. The summed E-state index contributed by atoms with van der Waals surface area (Å²) in [6.45, 7) is 0. The summed E-state index contributed by atoms with van der Waals surface area (Å²) in [5.74, 6) is 0. The molecule has 99 valence electrons. The van der Waals surface area contributed by atoms with E-state index in [9.17, 15) is 21.6 Å². The second kappa shape index (κ2) is 4.70. The molecule has 0 N–H and O–H groups in total. The van der Waals surface area contributed by atoms with Gasteiger partial charge in [-0.1, -0.05) is 18.2 Å². The summed E-state index contributed by atoms with van der Waals surface area (Å²) in [4.78, 5) is -0.445. The minimum absolute atomic E-state index is 0.0643. The minimum Gasteiger partial charge on any atom is -0.219 e. The Morgan fingerprint density at radius 1 is 0.947 bits per heavy atom. The van der Waals surface area contributed by atoms with Gasteiger partial charge in [0, 0.05) is 0 Å². The largest absolute Gasteiger partial charge is 0.416 e. The van der Waals surface area contributed by atoms with Gasteiger partial charge in [0.25, 0.3) is 0 Å². The maximum Gasteiger partial charge on any atom is 0.416 e. The van der Waals surface area contributed by atoms with E-state index in [4.69, 9.17) is 0 Å². The maximum atomic E-state index is 12.6. The fraction of sp³-hybridized carbons (Fsp3) is 0.0769. The first kappa shape index (κ1) is 13.6. The average Bonchev–Trinajstić information content (AvgIpc) is 2.39. The summed E-state index contributed by atoms with van der Waals surface area (Å²) in [5.41, 5.74) is -0.990. The Balaban J connectivity index is 2.54. The van der Waals surface area contributed by atoms with E-state index in [2.05, 4.69) is 6.07 Å². The summed E-state index contributed by atoms with van der Waals surface area (Å²) in [5, 5.41) is 0. The number of hydrogen-bond donors (Lipinski definition) is 0. The normalized spacial score (nSPS) is 12.4. The molecule has 2 aromatic carbocycles. The van der Waals surface area contributed by atoms with Crippen LogP contribution in [0, 0.1) is 6.07 Å². The minimum atomic E-state index is -4.57. The Kier molecular flexibility index (Phi) is 3.36. The summed E-state index contributed by atoms with van der Waals surface area (Å²) >= 11 is 0. The monoisotopic (exact) mass is 285 g/mol. The van der Waals surface area contributed by atoms with Crippen molar-refractivity contribution >= 4 is 9.84 Å². The molecule has 19 heavy (non-hydrogen) atoms. The van der Waals surface area contributed by atoms with Crippen LogP contribution in [0.4, 0.5) is 13.2 Å². The first-order valence-electron chi connectivity index (χ1n) is 5.20. The maximum absolute atomic E-state index is 12.6. The van der Waals surface area contributed by atoms with Crippen molar-refractivity contribution in [2.45, 2.75) is 16.0 Å². The van der Waals surface area contributed by atoms with Gasteiger partial charge in [-0.05, 0) is 36.4 Å². The van der Waals surface area contributed by atoms with E-state index >= 15 is 0 Å². The zero-order chi connectivity index (χ0) is 14.1. The Morgan fingerprint density at radius 3 is 2.16 bits per heavy atom. The van der Waals surface area contributed by atoms with Gasteiger partial charge < -0.3 is 0 Å². The van der Waals surface area contributed by atoms with Gasteiger partial charge in [-0.25, -0.2) is 8.42 Å². The van der Waals surface area contributed by atoms with Gasteiger partial charge in [-0.2, -0.15) is 13.2 Å². The Bertz CT molecular complexity index is 677. The molecule has 0 amide bonds. The Hall–Kier alpha value is -1.82. The molecule has 0 aliphatic heterocycles. The molecule has 0 saturated carbocycles.